The van der Waals surface area contributed by atoms with E-state index in [0.717, 1.165) is 0 Å². The number of carbonyl (C=O) groups is 3. The van der Waals surface area contributed by atoms with Crippen LogP contribution in [0.25, 0.3) is 0 Å². The third-order valence-electron chi connectivity index (χ3n) is 4.55. The molecule has 0 unspecified atom stereocenters. The van der Waals surface area contributed by atoms with Gasteiger partial charge in [-0.15, -0.1) is 0 Å². The molecule has 6 heteroatoms. The number of hydrogen-bond donors (Lipinski definition) is 2. The molecule has 6 nitrogen and oxygen atoms in total. The van der Waals surface area contributed by atoms with Crippen molar-refractivity contribution in [3.05, 3.63) is 0 Å². The number of amides is 2. The summed E-state index contributed by atoms with van der Waals surface area (Å²) >= 11 is 0. The monoisotopic (exact) mass is 282 g/mol. The van der Waals surface area contributed by atoms with Gasteiger partial charge in [0, 0.05) is 32.0 Å². The third-order valence-corrected chi connectivity index (χ3v) is 4.55. The SMILES string of the molecule is CNC(=O)C1CCN(C(=O)[C@@H]2CC[C@H](C(=O)O)C2)CC1. The minimum absolute atomic E-state index is 0.000559. The first-order chi connectivity index (χ1) is 9.52. The Balaban J connectivity index is 1.83. The first kappa shape index (κ1) is 14.8. The summed E-state index contributed by atoms with van der Waals surface area (Å²) in [4.78, 5) is 36.6. The van der Waals surface area contributed by atoms with E-state index in [2.05, 4.69) is 5.32 Å². The van der Waals surface area contributed by atoms with Crippen molar-refractivity contribution >= 4 is 17.8 Å². The fourth-order valence-corrected chi connectivity index (χ4v) is 3.25. The summed E-state index contributed by atoms with van der Waals surface area (Å²) in [6.45, 7) is 1.20. The largest absolute Gasteiger partial charge is 0.481 e. The van der Waals surface area contributed by atoms with Crippen LogP contribution < -0.4 is 5.32 Å². The molecule has 1 heterocycles. The zero-order valence-electron chi connectivity index (χ0n) is 11.8. The fourth-order valence-electron chi connectivity index (χ4n) is 3.25. The Morgan fingerprint density at radius 2 is 1.60 bits per heavy atom. The van der Waals surface area contributed by atoms with Crippen LogP contribution in [0.5, 0.6) is 0 Å². The average Bonchev–Trinajstić information content (AvgIpc) is 2.96. The summed E-state index contributed by atoms with van der Waals surface area (Å²) in [5.74, 6) is -1.19. The smallest absolute Gasteiger partial charge is 0.306 e. The lowest BCUT2D eigenvalue weighted by molar-refractivity contribution is -0.142. The van der Waals surface area contributed by atoms with Crippen LogP contribution in [0.4, 0.5) is 0 Å². The van der Waals surface area contributed by atoms with E-state index < -0.39 is 5.97 Å². The number of piperidine rings is 1. The van der Waals surface area contributed by atoms with Gasteiger partial charge in [0.15, 0.2) is 0 Å². The molecule has 1 aliphatic heterocycles. The van der Waals surface area contributed by atoms with E-state index in [-0.39, 0.29) is 29.6 Å². The molecule has 0 radical (unpaired) electrons. The summed E-state index contributed by atoms with van der Waals surface area (Å²) in [7, 11) is 1.63. The Morgan fingerprint density at radius 1 is 1.00 bits per heavy atom. The van der Waals surface area contributed by atoms with Crippen molar-refractivity contribution in [3.63, 3.8) is 0 Å². The maximum Gasteiger partial charge on any atom is 0.306 e. The number of nitrogens with one attached hydrogen (secondary N) is 1. The molecule has 1 saturated carbocycles. The van der Waals surface area contributed by atoms with Crippen LogP contribution in [0, 0.1) is 17.8 Å². The van der Waals surface area contributed by atoms with Crippen molar-refractivity contribution in [2.45, 2.75) is 32.1 Å². The topological polar surface area (TPSA) is 86.7 Å². The van der Waals surface area contributed by atoms with Gasteiger partial charge in [0.1, 0.15) is 0 Å². The first-order valence-electron chi connectivity index (χ1n) is 7.26. The molecular formula is C14H22N2O4. The van der Waals surface area contributed by atoms with Gasteiger partial charge < -0.3 is 15.3 Å². The van der Waals surface area contributed by atoms with E-state index in [0.29, 0.717) is 45.2 Å². The molecule has 0 aromatic rings. The molecule has 2 fully saturated rings. The van der Waals surface area contributed by atoms with Crippen molar-refractivity contribution in [2.75, 3.05) is 20.1 Å². The van der Waals surface area contributed by atoms with Crippen LogP contribution in [0.1, 0.15) is 32.1 Å². The van der Waals surface area contributed by atoms with Crippen LogP contribution in [-0.2, 0) is 14.4 Å². The van der Waals surface area contributed by atoms with E-state index in [4.69, 9.17) is 5.11 Å². The van der Waals surface area contributed by atoms with Crippen molar-refractivity contribution in [1.82, 2.24) is 10.2 Å². The zero-order chi connectivity index (χ0) is 14.7. The predicted octanol–water partition coefficient (Wildman–Crippen LogP) is 0.472. The fraction of sp³-hybridized carbons (Fsp3) is 0.786. The lowest BCUT2D eigenvalue weighted by Gasteiger charge is -2.32. The summed E-state index contributed by atoms with van der Waals surface area (Å²) in [5, 5.41) is 11.6. The quantitative estimate of drug-likeness (QED) is 0.788. The molecule has 2 N–H and O–H groups in total. The Morgan fingerprint density at radius 3 is 2.10 bits per heavy atom. The highest BCUT2D eigenvalue weighted by Crippen LogP contribution is 2.33. The maximum atomic E-state index is 12.3. The molecule has 1 aliphatic carbocycles. The van der Waals surface area contributed by atoms with Gasteiger partial charge in [-0.3, -0.25) is 14.4 Å². The van der Waals surface area contributed by atoms with Gasteiger partial charge in [-0.2, -0.15) is 0 Å². The minimum atomic E-state index is -0.793. The maximum absolute atomic E-state index is 12.3. The van der Waals surface area contributed by atoms with E-state index in [1.807, 2.05) is 0 Å². The lowest BCUT2D eigenvalue weighted by atomic mass is 9.94. The van der Waals surface area contributed by atoms with E-state index in [1.54, 1.807) is 11.9 Å². The normalized spacial score (nSPS) is 27.4. The standard InChI is InChI=1S/C14H22N2O4/c1-15-12(17)9-4-6-16(7-5-9)13(18)10-2-3-11(8-10)14(19)20/h9-11H,2-8H2,1H3,(H,15,17)(H,19,20)/t10-,11+/m1/s1. The van der Waals surface area contributed by atoms with Crippen molar-refractivity contribution in [1.29, 1.82) is 0 Å². The molecular weight excluding hydrogens is 260 g/mol. The number of carboxylic acid groups (broad SMARTS) is 1. The number of nitrogens with zero attached hydrogens (tertiary/aromatic N) is 1. The molecule has 2 aliphatic rings. The van der Waals surface area contributed by atoms with E-state index >= 15 is 0 Å². The number of likely N-dealkylation sites (tertiary alicyclic amines) is 1. The summed E-state index contributed by atoms with van der Waals surface area (Å²) in [5.41, 5.74) is 0. The summed E-state index contributed by atoms with van der Waals surface area (Å²) in [6.07, 6.45) is 3.12. The summed E-state index contributed by atoms with van der Waals surface area (Å²) < 4.78 is 0. The number of carbonyl (C=O) groups excluding carboxylic acids is 2. The highest BCUT2D eigenvalue weighted by Gasteiger charge is 2.37. The van der Waals surface area contributed by atoms with Crippen LogP contribution in [0.2, 0.25) is 0 Å². The van der Waals surface area contributed by atoms with Crippen LogP contribution in [-0.4, -0.2) is 47.9 Å². The van der Waals surface area contributed by atoms with E-state index in [9.17, 15) is 14.4 Å². The Bertz CT molecular complexity index is 402. The van der Waals surface area contributed by atoms with Gasteiger partial charge in [-0.1, -0.05) is 0 Å². The molecule has 0 aromatic heterocycles. The Labute approximate surface area is 118 Å². The molecule has 1 saturated heterocycles. The molecule has 2 amide bonds. The number of aliphatic carboxylic acids is 1. The first-order valence-corrected chi connectivity index (χ1v) is 7.26. The lowest BCUT2D eigenvalue weighted by Crippen LogP contribution is -2.44. The van der Waals surface area contributed by atoms with Gasteiger partial charge >= 0.3 is 5.97 Å². The minimum Gasteiger partial charge on any atom is -0.481 e. The number of rotatable bonds is 3. The van der Waals surface area contributed by atoms with E-state index in [1.165, 1.54) is 0 Å². The second kappa shape index (κ2) is 6.24. The molecule has 0 aromatic carbocycles. The summed E-state index contributed by atoms with van der Waals surface area (Å²) in [6, 6.07) is 0. The van der Waals surface area contributed by atoms with Gasteiger partial charge in [0.25, 0.3) is 0 Å². The van der Waals surface area contributed by atoms with Crippen molar-refractivity contribution in [3.8, 4) is 0 Å². The highest BCUT2D eigenvalue weighted by atomic mass is 16.4. The molecule has 2 rings (SSSR count). The molecule has 0 bridgehead atoms. The van der Waals surface area contributed by atoms with Crippen LogP contribution in [0.15, 0.2) is 0 Å². The Kier molecular flexibility index (Phi) is 4.62. The van der Waals surface area contributed by atoms with Crippen LogP contribution in [0.3, 0.4) is 0 Å². The van der Waals surface area contributed by atoms with Crippen LogP contribution >= 0.6 is 0 Å². The second-order valence-electron chi connectivity index (χ2n) is 5.76. The number of hydrogen-bond acceptors (Lipinski definition) is 3. The van der Waals surface area contributed by atoms with Crippen molar-refractivity contribution in [2.24, 2.45) is 17.8 Å². The van der Waals surface area contributed by atoms with Gasteiger partial charge in [-0.25, -0.2) is 0 Å². The average molecular weight is 282 g/mol. The van der Waals surface area contributed by atoms with Crippen molar-refractivity contribution < 1.29 is 19.5 Å². The van der Waals surface area contributed by atoms with Gasteiger partial charge in [0.2, 0.25) is 11.8 Å². The third kappa shape index (κ3) is 3.11. The molecule has 0 spiro atoms. The molecule has 2 atom stereocenters. The number of carboxylic acids is 1. The van der Waals surface area contributed by atoms with Gasteiger partial charge in [0.05, 0.1) is 5.92 Å². The second-order valence-corrected chi connectivity index (χ2v) is 5.76. The molecule has 20 heavy (non-hydrogen) atoms. The predicted molar refractivity (Wildman–Crippen MR) is 71.8 cm³/mol. The van der Waals surface area contributed by atoms with Gasteiger partial charge in [-0.05, 0) is 32.1 Å². The zero-order valence-corrected chi connectivity index (χ0v) is 11.8. The Hall–Kier alpha value is -1.59. The highest BCUT2D eigenvalue weighted by molar-refractivity contribution is 5.82. The molecule has 112 valence electrons.